The molecule has 4 heteroatoms. The quantitative estimate of drug-likeness (QED) is 0.848. The van der Waals surface area contributed by atoms with E-state index in [4.69, 9.17) is 0 Å². The zero-order valence-electron chi connectivity index (χ0n) is 10.3. The van der Waals surface area contributed by atoms with E-state index in [1.54, 1.807) is 21.8 Å². The maximum Gasteiger partial charge on any atom is 0.0688 e. The molecule has 0 aliphatic heterocycles. The molecule has 1 aliphatic carbocycles. The molecule has 3 rings (SSSR count). The summed E-state index contributed by atoms with van der Waals surface area (Å²) in [7, 11) is 2.05. The smallest absolute Gasteiger partial charge is 0.0688 e. The molecule has 1 unspecified atom stereocenters. The van der Waals surface area contributed by atoms with Crippen molar-refractivity contribution in [3.8, 4) is 0 Å². The van der Waals surface area contributed by atoms with E-state index >= 15 is 0 Å². The lowest BCUT2D eigenvalue weighted by molar-refractivity contribution is 0.691. The molecule has 18 heavy (non-hydrogen) atoms. The number of thiophene rings is 2. The minimum absolute atomic E-state index is 0.334. The Morgan fingerprint density at radius 2 is 2.11 bits per heavy atom. The van der Waals surface area contributed by atoms with Crippen LogP contribution in [0.5, 0.6) is 0 Å². The van der Waals surface area contributed by atoms with Gasteiger partial charge in [0.1, 0.15) is 0 Å². The third-order valence-electron chi connectivity index (χ3n) is 3.54. The van der Waals surface area contributed by atoms with E-state index in [2.05, 4.69) is 38.1 Å². The average Bonchev–Trinajstić information content (AvgIpc) is 2.97. The van der Waals surface area contributed by atoms with E-state index in [0.717, 1.165) is 0 Å². The van der Waals surface area contributed by atoms with Crippen molar-refractivity contribution in [3.05, 3.63) is 42.2 Å². The van der Waals surface area contributed by atoms with E-state index in [0.29, 0.717) is 6.04 Å². The van der Waals surface area contributed by atoms with Gasteiger partial charge in [-0.05, 0) is 71.2 Å². The summed E-state index contributed by atoms with van der Waals surface area (Å²) in [4.78, 5) is 3.08. The van der Waals surface area contributed by atoms with Gasteiger partial charge in [0.15, 0.2) is 0 Å². The van der Waals surface area contributed by atoms with Gasteiger partial charge in [-0.25, -0.2) is 0 Å². The van der Waals surface area contributed by atoms with Gasteiger partial charge in [-0.15, -0.1) is 11.3 Å². The molecule has 1 aliphatic rings. The topological polar surface area (TPSA) is 12.0 Å². The Morgan fingerprint density at radius 1 is 1.28 bits per heavy atom. The molecule has 2 heterocycles. The van der Waals surface area contributed by atoms with Crippen LogP contribution in [-0.2, 0) is 12.8 Å². The molecule has 0 amide bonds. The van der Waals surface area contributed by atoms with Gasteiger partial charge in [0.2, 0.25) is 0 Å². The SMILES string of the molecule is CNC(c1cc2c(s1)CCCC2)c1cscc1Br. The van der Waals surface area contributed by atoms with Crippen molar-refractivity contribution in [1.82, 2.24) is 5.32 Å². The number of rotatable bonds is 3. The number of nitrogens with one attached hydrogen (secondary N) is 1. The van der Waals surface area contributed by atoms with Gasteiger partial charge in [0.05, 0.1) is 6.04 Å². The molecule has 0 fully saturated rings. The van der Waals surface area contributed by atoms with Gasteiger partial charge in [-0.1, -0.05) is 0 Å². The fraction of sp³-hybridized carbons (Fsp3) is 0.429. The standard InChI is InChI=1S/C14H16BrNS2/c1-16-14(10-7-17-8-11(10)15)13-6-9-4-2-3-5-12(9)18-13/h6-8,14,16H,2-5H2,1H3. The lowest BCUT2D eigenvalue weighted by Crippen LogP contribution is -2.16. The van der Waals surface area contributed by atoms with Crippen LogP contribution in [0, 0.1) is 0 Å². The predicted octanol–water partition coefficient (Wildman–Crippen LogP) is 4.76. The molecule has 2 aromatic heterocycles. The first kappa shape index (κ1) is 12.9. The molecule has 1 atom stereocenters. The van der Waals surface area contributed by atoms with Crippen LogP contribution in [-0.4, -0.2) is 7.05 Å². The maximum atomic E-state index is 3.65. The average molecular weight is 342 g/mol. The van der Waals surface area contributed by atoms with Crippen LogP contribution >= 0.6 is 38.6 Å². The first-order chi connectivity index (χ1) is 8.79. The molecule has 1 nitrogen and oxygen atoms in total. The van der Waals surface area contributed by atoms with Crippen LogP contribution in [0.2, 0.25) is 0 Å². The van der Waals surface area contributed by atoms with Gasteiger partial charge in [0, 0.05) is 19.6 Å². The fourth-order valence-corrected chi connectivity index (χ4v) is 5.54. The van der Waals surface area contributed by atoms with Crippen molar-refractivity contribution in [2.24, 2.45) is 0 Å². The molecule has 0 saturated carbocycles. The van der Waals surface area contributed by atoms with Crippen LogP contribution in [0.15, 0.2) is 21.3 Å². The van der Waals surface area contributed by atoms with Crippen molar-refractivity contribution in [3.63, 3.8) is 0 Å². The maximum absolute atomic E-state index is 3.65. The van der Waals surface area contributed by atoms with Crippen molar-refractivity contribution < 1.29 is 0 Å². The summed E-state index contributed by atoms with van der Waals surface area (Å²) in [6.45, 7) is 0. The predicted molar refractivity (Wildman–Crippen MR) is 83.9 cm³/mol. The van der Waals surface area contributed by atoms with Crippen LogP contribution in [0.4, 0.5) is 0 Å². The van der Waals surface area contributed by atoms with Gasteiger partial charge in [0.25, 0.3) is 0 Å². The highest BCUT2D eigenvalue weighted by Crippen LogP contribution is 2.38. The zero-order chi connectivity index (χ0) is 12.5. The molecule has 0 saturated heterocycles. The monoisotopic (exact) mass is 341 g/mol. The summed E-state index contributed by atoms with van der Waals surface area (Å²) in [5.41, 5.74) is 2.95. The lowest BCUT2D eigenvalue weighted by Gasteiger charge is -2.13. The highest BCUT2D eigenvalue weighted by atomic mass is 79.9. The Bertz CT molecular complexity index is 520. The molecule has 0 aromatic carbocycles. The van der Waals surface area contributed by atoms with Crippen LogP contribution in [0.3, 0.4) is 0 Å². The third kappa shape index (κ3) is 2.31. The number of aryl methyl sites for hydroxylation is 2. The Hall–Kier alpha value is -0.160. The molecular formula is C14H16BrNS2. The highest BCUT2D eigenvalue weighted by Gasteiger charge is 2.21. The van der Waals surface area contributed by atoms with E-state index in [-0.39, 0.29) is 0 Å². The van der Waals surface area contributed by atoms with Gasteiger partial charge in [-0.2, -0.15) is 11.3 Å². The lowest BCUT2D eigenvalue weighted by atomic mass is 9.98. The summed E-state index contributed by atoms with van der Waals surface area (Å²) >= 11 is 7.41. The summed E-state index contributed by atoms with van der Waals surface area (Å²) in [5.74, 6) is 0. The zero-order valence-corrected chi connectivity index (χ0v) is 13.6. The third-order valence-corrected chi connectivity index (χ3v) is 6.60. The normalized spacial score (nSPS) is 16.6. The summed E-state index contributed by atoms with van der Waals surface area (Å²) in [6.07, 6.45) is 5.27. The van der Waals surface area contributed by atoms with Crippen molar-refractivity contribution in [2.75, 3.05) is 7.05 Å². The second-order valence-electron chi connectivity index (χ2n) is 4.70. The number of fused-ring (bicyclic) bond motifs is 1. The summed E-state index contributed by atoms with van der Waals surface area (Å²) in [6, 6.07) is 2.76. The minimum Gasteiger partial charge on any atom is -0.309 e. The van der Waals surface area contributed by atoms with Crippen molar-refractivity contribution in [1.29, 1.82) is 0 Å². The van der Waals surface area contributed by atoms with Gasteiger partial charge in [-0.3, -0.25) is 0 Å². The molecule has 0 spiro atoms. The first-order valence-corrected chi connectivity index (χ1v) is 8.85. The molecular weight excluding hydrogens is 326 g/mol. The van der Waals surface area contributed by atoms with Crippen LogP contribution < -0.4 is 5.32 Å². The van der Waals surface area contributed by atoms with Gasteiger partial charge < -0.3 is 5.32 Å². The van der Waals surface area contributed by atoms with Crippen LogP contribution in [0.25, 0.3) is 0 Å². The summed E-state index contributed by atoms with van der Waals surface area (Å²) < 4.78 is 1.22. The Morgan fingerprint density at radius 3 is 2.78 bits per heavy atom. The minimum atomic E-state index is 0.334. The van der Waals surface area contributed by atoms with E-state index in [1.165, 1.54) is 40.6 Å². The summed E-state index contributed by atoms with van der Waals surface area (Å²) in [5, 5.41) is 7.86. The fourth-order valence-electron chi connectivity index (χ4n) is 2.60. The van der Waals surface area contributed by atoms with E-state index in [1.807, 2.05) is 18.4 Å². The molecule has 96 valence electrons. The second kappa shape index (κ2) is 5.45. The Balaban J connectivity index is 1.97. The second-order valence-corrected chi connectivity index (χ2v) is 7.47. The van der Waals surface area contributed by atoms with Crippen LogP contribution in [0.1, 0.15) is 39.8 Å². The van der Waals surface area contributed by atoms with Crippen molar-refractivity contribution in [2.45, 2.75) is 31.7 Å². The van der Waals surface area contributed by atoms with E-state index < -0.39 is 0 Å². The largest absolute Gasteiger partial charge is 0.309 e. The Kier molecular flexibility index (Phi) is 3.89. The molecule has 0 radical (unpaired) electrons. The first-order valence-electron chi connectivity index (χ1n) is 6.30. The molecule has 2 aromatic rings. The Labute approximate surface area is 124 Å². The van der Waals surface area contributed by atoms with Gasteiger partial charge >= 0.3 is 0 Å². The highest BCUT2D eigenvalue weighted by molar-refractivity contribution is 9.10. The number of halogens is 1. The number of hydrogen-bond acceptors (Lipinski definition) is 3. The van der Waals surface area contributed by atoms with Crippen molar-refractivity contribution >= 4 is 38.6 Å². The number of hydrogen-bond donors (Lipinski definition) is 1. The van der Waals surface area contributed by atoms with E-state index in [9.17, 15) is 0 Å². The molecule has 0 bridgehead atoms. The molecule has 1 N–H and O–H groups in total.